The van der Waals surface area contributed by atoms with Crippen molar-refractivity contribution in [2.75, 3.05) is 0 Å². The van der Waals surface area contributed by atoms with Gasteiger partial charge in [-0.15, -0.1) is 5.10 Å². The first kappa shape index (κ1) is 22.6. The lowest BCUT2D eigenvalue weighted by atomic mass is 10.0. The van der Waals surface area contributed by atoms with Crippen LogP contribution < -0.4 is 14.8 Å². The van der Waals surface area contributed by atoms with E-state index in [0.29, 0.717) is 20.9 Å². The van der Waals surface area contributed by atoms with Gasteiger partial charge in [-0.05, 0) is 73.2 Å². The van der Waals surface area contributed by atoms with E-state index in [0.717, 1.165) is 40.2 Å². The molecule has 186 valence electrons. The molecule has 0 spiro atoms. The predicted molar refractivity (Wildman–Crippen MR) is 144 cm³/mol. The van der Waals surface area contributed by atoms with Crippen molar-refractivity contribution in [1.29, 1.82) is 0 Å². The number of rotatable bonds is 4. The second kappa shape index (κ2) is 8.74. The van der Waals surface area contributed by atoms with Gasteiger partial charge in [0.05, 0.1) is 10.2 Å². The molecule has 7 nitrogen and oxygen atoms in total. The summed E-state index contributed by atoms with van der Waals surface area (Å²) in [6.07, 6.45) is 4.76. The summed E-state index contributed by atoms with van der Waals surface area (Å²) in [4.78, 5) is 18.3. The van der Waals surface area contributed by atoms with Crippen molar-refractivity contribution >= 4 is 22.4 Å². The maximum atomic E-state index is 13.3. The molecule has 0 N–H and O–H groups in total. The van der Waals surface area contributed by atoms with Crippen LogP contribution in [0.5, 0.6) is 5.75 Å². The summed E-state index contributed by atoms with van der Waals surface area (Å²) < 4.78 is 22.8. The maximum Gasteiger partial charge on any atom is 0.291 e. The van der Waals surface area contributed by atoms with Crippen LogP contribution >= 0.6 is 11.3 Å². The van der Waals surface area contributed by atoms with Crippen LogP contribution in [0.15, 0.2) is 83.8 Å². The SMILES string of the molecule is CC1Cc2cc(-c3nn(-c4ccccc4)cc3C=c3sc4nc(-c5ccc(F)cc5)nn4c3=O)ccc2O1. The van der Waals surface area contributed by atoms with Gasteiger partial charge < -0.3 is 4.74 Å². The lowest BCUT2D eigenvalue weighted by Crippen LogP contribution is -2.23. The van der Waals surface area contributed by atoms with E-state index in [1.165, 1.54) is 28.0 Å². The van der Waals surface area contributed by atoms with Crippen LogP contribution in [0.25, 0.3) is 39.4 Å². The van der Waals surface area contributed by atoms with Crippen molar-refractivity contribution in [3.63, 3.8) is 0 Å². The molecular formula is C29H20FN5O2S. The average Bonchev–Trinajstić information content (AvgIpc) is 3.69. The van der Waals surface area contributed by atoms with Crippen LogP contribution in [-0.4, -0.2) is 30.5 Å². The van der Waals surface area contributed by atoms with Crippen molar-refractivity contribution in [2.24, 2.45) is 0 Å². The van der Waals surface area contributed by atoms with Gasteiger partial charge in [0.1, 0.15) is 23.4 Å². The summed E-state index contributed by atoms with van der Waals surface area (Å²) in [7, 11) is 0. The fourth-order valence-electron chi connectivity index (χ4n) is 4.70. The van der Waals surface area contributed by atoms with Gasteiger partial charge in [-0.2, -0.15) is 14.6 Å². The molecule has 1 aliphatic rings. The average molecular weight is 522 g/mol. The molecule has 0 amide bonds. The first-order valence-electron chi connectivity index (χ1n) is 12.1. The number of halogens is 1. The molecule has 6 aromatic rings. The first-order valence-corrected chi connectivity index (χ1v) is 13.0. The van der Waals surface area contributed by atoms with Crippen molar-refractivity contribution in [3.8, 4) is 34.1 Å². The normalized spacial score (nSPS) is 15.2. The first-order chi connectivity index (χ1) is 18.5. The Morgan fingerprint density at radius 3 is 2.61 bits per heavy atom. The van der Waals surface area contributed by atoms with E-state index in [2.05, 4.69) is 23.1 Å². The Hall–Kier alpha value is -4.63. The molecule has 3 aromatic carbocycles. The Balaban J connectivity index is 1.35. The summed E-state index contributed by atoms with van der Waals surface area (Å²) in [5, 5.41) is 9.28. The quantitative estimate of drug-likeness (QED) is 0.337. The van der Waals surface area contributed by atoms with E-state index in [-0.39, 0.29) is 17.5 Å². The lowest BCUT2D eigenvalue weighted by molar-refractivity contribution is 0.254. The molecule has 0 saturated heterocycles. The molecule has 1 atom stereocenters. The van der Waals surface area contributed by atoms with Gasteiger partial charge in [-0.1, -0.05) is 29.5 Å². The summed E-state index contributed by atoms with van der Waals surface area (Å²) in [6, 6.07) is 21.8. The minimum atomic E-state index is -0.339. The van der Waals surface area contributed by atoms with E-state index in [1.54, 1.807) is 12.1 Å². The van der Waals surface area contributed by atoms with Crippen LogP contribution in [0.3, 0.4) is 0 Å². The molecule has 4 heterocycles. The zero-order chi connectivity index (χ0) is 25.8. The number of nitrogens with zero attached hydrogens (tertiary/aromatic N) is 5. The minimum absolute atomic E-state index is 0.144. The van der Waals surface area contributed by atoms with Gasteiger partial charge in [0, 0.05) is 29.3 Å². The smallest absolute Gasteiger partial charge is 0.291 e. The molecule has 9 heteroatoms. The molecule has 0 aliphatic carbocycles. The molecule has 38 heavy (non-hydrogen) atoms. The Kier molecular flexibility index (Phi) is 5.19. The molecule has 1 unspecified atom stereocenters. The number of fused-ring (bicyclic) bond motifs is 2. The summed E-state index contributed by atoms with van der Waals surface area (Å²) in [5.74, 6) is 0.944. The highest BCUT2D eigenvalue weighted by molar-refractivity contribution is 7.15. The Labute approximate surface area is 220 Å². The van der Waals surface area contributed by atoms with Crippen LogP contribution in [-0.2, 0) is 6.42 Å². The number of para-hydroxylation sites is 1. The molecule has 0 radical (unpaired) electrons. The topological polar surface area (TPSA) is 74.3 Å². The van der Waals surface area contributed by atoms with Crippen LogP contribution in [0.2, 0.25) is 0 Å². The Bertz CT molecular complexity index is 1930. The van der Waals surface area contributed by atoms with E-state index < -0.39 is 0 Å². The maximum absolute atomic E-state index is 13.3. The van der Waals surface area contributed by atoms with E-state index >= 15 is 0 Å². The van der Waals surface area contributed by atoms with E-state index in [1.807, 2.05) is 59.4 Å². The fraction of sp³-hybridized carbons (Fsp3) is 0.103. The summed E-state index contributed by atoms with van der Waals surface area (Å²) in [5.41, 5.74) is 4.97. The second-order valence-electron chi connectivity index (χ2n) is 9.22. The summed E-state index contributed by atoms with van der Waals surface area (Å²) in [6.45, 7) is 2.06. The Morgan fingerprint density at radius 2 is 1.82 bits per heavy atom. The Morgan fingerprint density at radius 1 is 1.03 bits per heavy atom. The number of hydrogen-bond donors (Lipinski definition) is 0. The van der Waals surface area contributed by atoms with Crippen molar-refractivity contribution in [3.05, 3.63) is 111 Å². The van der Waals surface area contributed by atoms with E-state index in [4.69, 9.17) is 9.84 Å². The third-order valence-electron chi connectivity index (χ3n) is 6.50. The fourth-order valence-corrected chi connectivity index (χ4v) is 5.59. The zero-order valence-electron chi connectivity index (χ0n) is 20.2. The van der Waals surface area contributed by atoms with Gasteiger partial charge in [0.25, 0.3) is 5.56 Å². The van der Waals surface area contributed by atoms with E-state index in [9.17, 15) is 9.18 Å². The molecule has 0 bridgehead atoms. The predicted octanol–water partition coefficient (Wildman–Crippen LogP) is 4.68. The molecule has 1 aliphatic heterocycles. The number of hydrogen-bond acceptors (Lipinski definition) is 6. The van der Waals surface area contributed by atoms with Gasteiger partial charge in [0.15, 0.2) is 5.82 Å². The standard InChI is InChI=1S/C29H20FN5O2S/c1-17-13-20-14-19(9-12-24(20)37-17)26-21(16-34(32-26)23-5-3-2-4-6-23)15-25-28(36)35-29(38-25)31-27(33-35)18-7-10-22(30)11-8-18/h2-12,14-17H,13H2,1H3. The lowest BCUT2D eigenvalue weighted by Gasteiger charge is -2.04. The zero-order valence-corrected chi connectivity index (χ0v) is 21.0. The number of aromatic nitrogens is 5. The molecule has 0 saturated carbocycles. The minimum Gasteiger partial charge on any atom is -0.490 e. The highest BCUT2D eigenvalue weighted by Gasteiger charge is 2.21. The molecule has 7 rings (SSSR count). The second-order valence-corrected chi connectivity index (χ2v) is 10.2. The van der Waals surface area contributed by atoms with Gasteiger partial charge in [-0.25, -0.2) is 9.07 Å². The van der Waals surface area contributed by atoms with Crippen LogP contribution in [0.4, 0.5) is 4.39 Å². The van der Waals surface area contributed by atoms with Gasteiger partial charge >= 0.3 is 0 Å². The van der Waals surface area contributed by atoms with Crippen molar-refractivity contribution in [1.82, 2.24) is 24.4 Å². The summed E-state index contributed by atoms with van der Waals surface area (Å²) >= 11 is 1.26. The molecule has 3 aromatic heterocycles. The number of ether oxygens (including phenoxy) is 1. The van der Waals surface area contributed by atoms with Crippen LogP contribution in [0, 0.1) is 5.82 Å². The third kappa shape index (κ3) is 3.88. The van der Waals surface area contributed by atoms with Gasteiger partial charge in [-0.3, -0.25) is 4.79 Å². The largest absolute Gasteiger partial charge is 0.490 e. The third-order valence-corrected chi connectivity index (χ3v) is 7.46. The molecular weight excluding hydrogens is 501 g/mol. The highest BCUT2D eigenvalue weighted by atomic mass is 32.1. The van der Waals surface area contributed by atoms with Crippen molar-refractivity contribution < 1.29 is 9.13 Å². The monoisotopic (exact) mass is 521 g/mol. The highest BCUT2D eigenvalue weighted by Crippen LogP contribution is 2.34. The number of thiazole rings is 1. The van der Waals surface area contributed by atoms with Crippen molar-refractivity contribution in [2.45, 2.75) is 19.4 Å². The number of benzene rings is 3. The van der Waals surface area contributed by atoms with Crippen LogP contribution in [0.1, 0.15) is 18.1 Å². The van der Waals surface area contributed by atoms with Gasteiger partial charge in [0.2, 0.25) is 4.96 Å². The molecule has 0 fully saturated rings.